The van der Waals surface area contributed by atoms with Crippen LogP contribution >= 0.6 is 0 Å². The van der Waals surface area contributed by atoms with Crippen molar-refractivity contribution in [2.45, 2.75) is 53.2 Å². The molecule has 0 aliphatic heterocycles. The van der Waals surface area contributed by atoms with Crippen molar-refractivity contribution in [1.29, 1.82) is 0 Å². The predicted molar refractivity (Wildman–Crippen MR) is 91.3 cm³/mol. The molecule has 1 aromatic carbocycles. The molecule has 0 aromatic heterocycles. The lowest BCUT2D eigenvalue weighted by Gasteiger charge is -2.22. The van der Waals surface area contributed by atoms with E-state index < -0.39 is 12.1 Å². The molecule has 0 saturated heterocycles. The van der Waals surface area contributed by atoms with E-state index in [1.54, 1.807) is 13.8 Å². The molecule has 0 aliphatic carbocycles. The maximum absolute atomic E-state index is 12.3. The molecule has 1 atom stereocenters. The van der Waals surface area contributed by atoms with Gasteiger partial charge in [0.25, 0.3) is 0 Å². The van der Waals surface area contributed by atoms with Crippen molar-refractivity contribution in [1.82, 2.24) is 10.6 Å². The number of rotatable bonds is 7. The number of alkyl carbamates (subject to hydrolysis) is 1. The summed E-state index contributed by atoms with van der Waals surface area (Å²) in [6.07, 6.45) is -0.0194. The van der Waals surface area contributed by atoms with Gasteiger partial charge in [0.2, 0.25) is 5.91 Å². The van der Waals surface area contributed by atoms with E-state index in [1.165, 1.54) is 11.1 Å². The minimum Gasteiger partial charge on any atom is -0.447 e. The second kappa shape index (κ2) is 9.18. The summed E-state index contributed by atoms with van der Waals surface area (Å²) in [5, 5.41) is 5.51. The highest BCUT2D eigenvalue weighted by molar-refractivity contribution is 5.85. The number of amides is 2. The zero-order valence-electron chi connectivity index (χ0n) is 14.7. The van der Waals surface area contributed by atoms with Crippen molar-refractivity contribution in [2.75, 3.05) is 6.54 Å². The van der Waals surface area contributed by atoms with Gasteiger partial charge in [-0.05, 0) is 38.7 Å². The topological polar surface area (TPSA) is 67.4 Å². The Morgan fingerprint density at radius 1 is 1.17 bits per heavy atom. The van der Waals surface area contributed by atoms with Crippen LogP contribution in [0.1, 0.15) is 38.8 Å². The lowest BCUT2D eigenvalue weighted by Crippen LogP contribution is -2.50. The SMILES string of the molecule is Cc1cccc(CCNC(=O)[C@@H](NC(=O)OC(C)C)C(C)C)c1. The summed E-state index contributed by atoms with van der Waals surface area (Å²) in [5.41, 5.74) is 2.38. The average Bonchev–Trinajstić information content (AvgIpc) is 2.43. The smallest absolute Gasteiger partial charge is 0.408 e. The Balaban J connectivity index is 2.49. The lowest BCUT2D eigenvalue weighted by molar-refractivity contribution is -0.124. The second-order valence-electron chi connectivity index (χ2n) is 6.35. The first-order valence-corrected chi connectivity index (χ1v) is 8.10. The zero-order valence-corrected chi connectivity index (χ0v) is 14.7. The van der Waals surface area contributed by atoms with E-state index in [2.05, 4.69) is 16.7 Å². The standard InChI is InChI=1S/C18H28N2O3/c1-12(2)16(20-18(22)23-13(3)4)17(21)19-10-9-15-8-6-7-14(5)11-15/h6-8,11-13,16H,9-10H2,1-5H3,(H,19,21)(H,20,22)/t16-/m0/s1. The molecular weight excluding hydrogens is 292 g/mol. The molecule has 23 heavy (non-hydrogen) atoms. The maximum atomic E-state index is 12.3. The molecule has 0 saturated carbocycles. The van der Waals surface area contributed by atoms with Crippen LogP contribution in [0.2, 0.25) is 0 Å². The molecule has 0 aliphatic rings. The summed E-state index contributed by atoms with van der Waals surface area (Å²) in [7, 11) is 0. The number of ether oxygens (including phenoxy) is 1. The molecule has 0 radical (unpaired) electrons. The van der Waals surface area contributed by atoms with Gasteiger partial charge < -0.3 is 15.4 Å². The first-order chi connectivity index (χ1) is 10.8. The molecule has 0 unspecified atom stereocenters. The van der Waals surface area contributed by atoms with Gasteiger partial charge in [-0.3, -0.25) is 4.79 Å². The van der Waals surface area contributed by atoms with Crippen LogP contribution in [-0.4, -0.2) is 30.7 Å². The number of aryl methyl sites for hydroxylation is 1. The summed E-state index contributed by atoms with van der Waals surface area (Å²) in [5.74, 6) is -0.206. The largest absolute Gasteiger partial charge is 0.447 e. The summed E-state index contributed by atoms with van der Waals surface area (Å²) in [4.78, 5) is 24.0. The summed E-state index contributed by atoms with van der Waals surface area (Å²) >= 11 is 0. The number of hydrogen-bond acceptors (Lipinski definition) is 3. The van der Waals surface area contributed by atoms with Crippen LogP contribution in [0, 0.1) is 12.8 Å². The van der Waals surface area contributed by atoms with E-state index in [1.807, 2.05) is 39.0 Å². The minimum atomic E-state index is -0.598. The maximum Gasteiger partial charge on any atom is 0.408 e. The van der Waals surface area contributed by atoms with Crippen LogP contribution in [0.15, 0.2) is 24.3 Å². The number of benzene rings is 1. The molecule has 2 N–H and O–H groups in total. The van der Waals surface area contributed by atoms with Gasteiger partial charge in [0, 0.05) is 6.54 Å². The Bertz CT molecular complexity index is 527. The van der Waals surface area contributed by atoms with Gasteiger partial charge in [-0.1, -0.05) is 43.7 Å². The fourth-order valence-electron chi connectivity index (χ4n) is 2.22. The third-order valence-corrected chi connectivity index (χ3v) is 3.36. The first kappa shape index (κ1) is 19.0. The second-order valence-corrected chi connectivity index (χ2v) is 6.35. The molecule has 0 bridgehead atoms. The van der Waals surface area contributed by atoms with E-state index in [9.17, 15) is 9.59 Å². The zero-order chi connectivity index (χ0) is 17.4. The molecule has 1 rings (SSSR count). The van der Waals surface area contributed by atoms with Gasteiger partial charge in [-0.2, -0.15) is 0 Å². The van der Waals surface area contributed by atoms with E-state index >= 15 is 0 Å². The highest BCUT2D eigenvalue weighted by Gasteiger charge is 2.24. The van der Waals surface area contributed by atoms with Crippen LogP contribution in [-0.2, 0) is 16.0 Å². The summed E-state index contributed by atoms with van der Waals surface area (Å²) in [6, 6.07) is 7.59. The van der Waals surface area contributed by atoms with E-state index in [0.717, 1.165) is 6.42 Å². The normalized spacial score (nSPS) is 12.1. The van der Waals surface area contributed by atoms with Crippen LogP contribution in [0.5, 0.6) is 0 Å². The van der Waals surface area contributed by atoms with Gasteiger partial charge in [0.1, 0.15) is 6.04 Å². The number of carbonyl (C=O) groups is 2. The molecule has 1 aromatic rings. The first-order valence-electron chi connectivity index (χ1n) is 8.10. The van der Waals surface area contributed by atoms with E-state index in [0.29, 0.717) is 6.54 Å². The van der Waals surface area contributed by atoms with Gasteiger partial charge in [0.05, 0.1) is 6.10 Å². The van der Waals surface area contributed by atoms with Crippen LogP contribution < -0.4 is 10.6 Å². The third kappa shape index (κ3) is 7.17. The number of carbonyl (C=O) groups excluding carboxylic acids is 2. The van der Waals surface area contributed by atoms with Crippen molar-refractivity contribution in [3.8, 4) is 0 Å². The Hall–Kier alpha value is -2.04. The molecule has 128 valence electrons. The van der Waals surface area contributed by atoms with Crippen LogP contribution in [0.3, 0.4) is 0 Å². The predicted octanol–water partition coefficient (Wildman–Crippen LogP) is 2.81. The molecule has 0 fully saturated rings. The average molecular weight is 320 g/mol. The van der Waals surface area contributed by atoms with Gasteiger partial charge in [-0.25, -0.2) is 4.79 Å². The Kier molecular flexibility index (Phi) is 7.59. The fourth-order valence-corrected chi connectivity index (χ4v) is 2.22. The molecule has 0 spiro atoms. The number of hydrogen-bond donors (Lipinski definition) is 2. The fraction of sp³-hybridized carbons (Fsp3) is 0.556. The van der Waals surface area contributed by atoms with Gasteiger partial charge >= 0.3 is 6.09 Å². The lowest BCUT2D eigenvalue weighted by atomic mass is 10.0. The van der Waals surface area contributed by atoms with Crippen LogP contribution in [0.25, 0.3) is 0 Å². The third-order valence-electron chi connectivity index (χ3n) is 3.36. The number of nitrogens with one attached hydrogen (secondary N) is 2. The van der Waals surface area contributed by atoms with Crippen molar-refractivity contribution in [2.24, 2.45) is 5.92 Å². The summed E-state index contributed by atoms with van der Waals surface area (Å²) < 4.78 is 5.04. The molecule has 5 heteroatoms. The quantitative estimate of drug-likeness (QED) is 0.812. The Morgan fingerprint density at radius 3 is 2.43 bits per heavy atom. The molecule has 2 amide bonds. The summed E-state index contributed by atoms with van der Waals surface area (Å²) in [6.45, 7) is 9.90. The van der Waals surface area contributed by atoms with E-state index in [-0.39, 0.29) is 17.9 Å². The van der Waals surface area contributed by atoms with Crippen molar-refractivity contribution in [3.63, 3.8) is 0 Å². The van der Waals surface area contributed by atoms with E-state index in [4.69, 9.17) is 4.74 Å². The van der Waals surface area contributed by atoms with Gasteiger partial charge in [0.15, 0.2) is 0 Å². The van der Waals surface area contributed by atoms with Crippen LogP contribution in [0.4, 0.5) is 4.79 Å². The van der Waals surface area contributed by atoms with Crippen molar-refractivity contribution in [3.05, 3.63) is 35.4 Å². The minimum absolute atomic E-state index is 0.0197. The Morgan fingerprint density at radius 2 is 1.87 bits per heavy atom. The molecular formula is C18H28N2O3. The monoisotopic (exact) mass is 320 g/mol. The highest BCUT2D eigenvalue weighted by Crippen LogP contribution is 2.05. The van der Waals surface area contributed by atoms with Gasteiger partial charge in [-0.15, -0.1) is 0 Å². The highest BCUT2D eigenvalue weighted by atomic mass is 16.6. The van der Waals surface area contributed by atoms with Crippen molar-refractivity contribution < 1.29 is 14.3 Å². The molecule has 0 heterocycles. The Labute approximate surface area is 138 Å². The van der Waals surface area contributed by atoms with Crippen molar-refractivity contribution >= 4 is 12.0 Å². The molecule has 5 nitrogen and oxygen atoms in total.